The Balaban J connectivity index is 2.07. The predicted octanol–water partition coefficient (Wildman–Crippen LogP) is 4.64. The van der Waals surface area contributed by atoms with Crippen LogP contribution in [0.3, 0.4) is 0 Å². The van der Waals surface area contributed by atoms with E-state index in [4.69, 9.17) is 17.3 Å². The molecule has 1 aromatic carbocycles. The number of anilines is 1. The Morgan fingerprint density at radius 1 is 1.24 bits per heavy atom. The van der Waals surface area contributed by atoms with Gasteiger partial charge < -0.3 is 10.6 Å². The molecular formula is C18H29ClN2. The molecule has 118 valence electrons. The van der Waals surface area contributed by atoms with E-state index in [0.717, 1.165) is 24.5 Å². The molecule has 2 N–H and O–H groups in total. The van der Waals surface area contributed by atoms with Crippen LogP contribution in [0.2, 0.25) is 5.02 Å². The number of hydrogen-bond acceptors (Lipinski definition) is 2. The Kier molecular flexibility index (Phi) is 5.56. The van der Waals surface area contributed by atoms with Crippen molar-refractivity contribution in [2.75, 3.05) is 18.0 Å². The van der Waals surface area contributed by atoms with Crippen LogP contribution in [0.5, 0.6) is 0 Å². The van der Waals surface area contributed by atoms with E-state index in [2.05, 4.69) is 36.9 Å². The van der Waals surface area contributed by atoms with Gasteiger partial charge in [-0.15, -0.1) is 0 Å². The zero-order chi connectivity index (χ0) is 15.5. The Morgan fingerprint density at radius 3 is 2.33 bits per heavy atom. The van der Waals surface area contributed by atoms with Gasteiger partial charge in [-0.1, -0.05) is 44.4 Å². The predicted molar refractivity (Wildman–Crippen MR) is 93.3 cm³/mol. The number of benzene rings is 1. The molecular weight excluding hydrogens is 280 g/mol. The first-order chi connectivity index (χ1) is 9.99. The Hall–Kier alpha value is -0.730. The molecule has 0 spiro atoms. The van der Waals surface area contributed by atoms with E-state index in [9.17, 15) is 0 Å². The highest BCUT2D eigenvalue weighted by atomic mass is 35.5. The van der Waals surface area contributed by atoms with E-state index in [0.29, 0.717) is 5.41 Å². The Labute approximate surface area is 134 Å². The zero-order valence-electron chi connectivity index (χ0n) is 13.7. The second-order valence-electron chi connectivity index (χ2n) is 6.66. The molecule has 1 unspecified atom stereocenters. The maximum Gasteiger partial charge on any atom is 0.0642 e. The van der Waals surface area contributed by atoms with Crippen molar-refractivity contribution in [3.05, 3.63) is 28.8 Å². The molecule has 2 rings (SSSR count). The molecule has 0 amide bonds. The Bertz CT molecular complexity index is 456. The minimum absolute atomic E-state index is 0.177. The van der Waals surface area contributed by atoms with E-state index >= 15 is 0 Å². The SMILES string of the molecule is CCC1(CC)CCN(c2ccc(CC(C)N)cc2Cl)CC1. The summed E-state index contributed by atoms with van der Waals surface area (Å²) in [7, 11) is 0. The molecule has 1 aliphatic heterocycles. The van der Waals surface area contributed by atoms with Crippen molar-refractivity contribution in [1.29, 1.82) is 0 Å². The normalized spacial score (nSPS) is 19.6. The average Bonchev–Trinajstić information content (AvgIpc) is 2.47. The maximum atomic E-state index is 6.50. The quantitative estimate of drug-likeness (QED) is 0.859. The van der Waals surface area contributed by atoms with E-state index in [-0.39, 0.29) is 6.04 Å². The van der Waals surface area contributed by atoms with Gasteiger partial charge in [-0.05, 0) is 49.3 Å². The third-order valence-electron chi connectivity index (χ3n) is 5.23. The van der Waals surface area contributed by atoms with Crippen LogP contribution < -0.4 is 10.6 Å². The Morgan fingerprint density at radius 2 is 1.86 bits per heavy atom. The van der Waals surface area contributed by atoms with Gasteiger partial charge in [-0.2, -0.15) is 0 Å². The fourth-order valence-electron chi connectivity index (χ4n) is 3.48. The highest BCUT2D eigenvalue weighted by Gasteiger charge is 2.31. The molecule has 2 nitrogen and oxygen atoms in total. The van der Waals surface area contributed by atoms with Crippen molar-refractivity contribution < 1.29 is 0 Å². The average molecular weight is 309 g/mol. The lowest BCUT2D eigenvalue weighted by molar-refractivity contribution is 0.199. The molecule has 1 heterocycles. The molecule has 1 fully saturated rings. The first kappa shape index (κ1) is 16.6. The van der Waals surface area contributed by atoms with Gasteiger partial charge in [-0.25, -0.2) is 0 Å². The molecule has 0 aromatic heterocycles. The minimum Gasteiger partial charge on any atom is -0.370 e. The number of hydrogen-bond donors (Lipinski definition) is 1. The number of piperidine rings is 1. The van der Waals surface area contributed by atoms with Crippen LogP contribution in [0.25, 0.3) is 0 Å². The number of halogens is 1. The standard InChI is InChI=1S/C18H29ClN2/c1-4-18(5-2)8-10-21(11-9-18)17-7-6-15(12-14(3)20)13-16(17)19/h6-7,13-14H,4-5,8-12,20H2,1-3H3. The van der Waals surface area contributed by atoms with E-state index in [1.54, 1.807) is 0 Å². The molecule has 1 aromatic rings. The highest BCUT2D eigenvalue weighted by Crippen LogP contribution is 2.40. The van der Waals surface area contributed by atoms with Crippen LogP contribution in [-0.4, -0.2) is 19.1 Å². The second kappa shape index (κ2) is 7.02. The fraction of sp³-hybridized carbons (Fsp3) is 0.667. The molecule has 1 saturated heterocycles. The summed E-state index contributed by atoms with van der Waals surface area (Å²) in [4.78, 5) is 2.45. The summed E-state index contributed by atoms with van der Waals surface area (Å²) in [5.74, 6) is 0. The van der Waals surface area contributed by atoms with Gasteiger partial charge in [-0.3, -0.25) is 0 Å². The molecule has 3 heteroatoms. The van der Waals surface area contributed by atoms with Gasteiger partial charge in [0.25, 0.3) is 0 Å². The minimum atomic E-state index is 0.177. The van der Waals surface area contributed by atoms with Crippen molar-refractivity contribution in [1.82, 2.24) is 0 Å². The highest BCUT2D eigenvalue weighted by molar-refractivity contribution is 6.33. The van der Waals surface area contributed by atoms with Crippen molar-refractivity contribution in [2.45, 2.75) is 58.9 Å². The van der Waals surface area contributed by atoms with Crippen molar-refractivity contribution in [2.24, 2.45) is 11.1 Å². The molecule has 21 heavy (non-hydrogen) atoms. The summed E-state index contributed by atoms with van der Waals surface area (Å²) >= 11 is 6.50. The second-order valence-corrected chi connectivity index (χ2v) is 7.07. The number of nitrogens with two attached hydrogens (primary N) is 1. The molecule has 0 aliphatic carbocycles. The van der Waals surface area contributed by atoms with Crippen LogP contribution in [0, 0.1) is 5.41 Å². The van der Waals surface area contributed by atoms with Gasteiger partial charge >= 0.3 is 0 Å². The topological polar surface area (TPSA) is 29.3 Å². The number of nitrogens with zero attached hydrogens (tertiary/aromatic N) is 1. The lowest BCUT2D eigenvalue weighted by Crippen LogP contribution is -2.39. The van der Waals surface area contributed by atoms with Gasteiger partial charge in [0, 0.05) is 19.1 Å². The number of rotatable bonds is 5. The zero-order valence-corrected chi connectivity index (χ0v) is 14.4. The molecule has 0 radical (unpaired) electrons. The first-order valence-corrected chi connectivity index (χ1v) is 8.66. The van der Waals surface area contributed by atoms with Crippen LogP contribution in [-0.2, 0) is 6.42 Å². The third-order valence-corrected chi connectivity index (χ3v) is 5.54. The van der Waals surface area contributed by atoms with Gasteiger partial charge in [0.05, 0.1) is 10.7 Å². The van der Waals surface area contributed by atoms with Crippen molar-refractivity contribution in [3.8, 4) is 0 Å². The van der Waals surface area contributed by atoms with Crippen LogP contribution in [0.4, 0.5) is 5.69 Å². The van der Waals surface area contributed by atoms with E-state index in [1.807, 2.05) is 6.92 Å². The summed E-state index contributed by atoms with van der Waals surface area (Å²) in [6.07, 6.45) is 6.02. The summed E-state index contributed by atoms with van der Waals surface area (Å²) in [6, 6.07) is 6.61. The first-order valence-electron chi connectivity index (χ1n) is 8.28. The molecule has 0 bridgehead atoms. The smallest absolute Gasteiger partial charge is 0.0642 e. The fourth-order valence-corrected chi connectivity index (χ4v) is 3.81. The van der Waals surface area contributed by atoms with Crippen molar-refractivity contribution in [3.63, 3.8) is 0 Å². The summed E-state index contributed by atoms with van der Waals surface area (Å²) < 4.78 is 0. The summed E-state index contributed by atoms with van der Waals surface area (Å²) in [5.41, 5.74) is 8.83. The molecule has 1 atom stereocenters. The van der Waals surface area contributed by atoms with Gasteiger partial charge in [0.2, 0.25) is 0 Å². The van der Waals surface area contributed by atoms with Crippen LogP contribution in [0.1, 0.15) is 52.0 Å². The van der Waals surface area contributed by atoms with Crippen LogP contribution >= 0.6 is 11.6 Å². The molecule has 1 aliphatic rings. The van der Waals surface area contributed by atoms with Crippen molar-refractivity contribution >= 4 is 17.3 Å². The largest absolute Gasteiger partial charge is 0.370 e. The third kappa shape index (κ3) is 3.92. The van der Waals surface area contributed by atoms with Crippen LogP contribution in [0.15, 0.2) is 18.2 Å². The summed E-state index contributed by atoms with van der Waals surface area (Å²) in [5, 5.41) is 0.869. The van der Waals surface area contributed by atoms with Gasteiger partial charge in [0.1, 0.15) is 0 Å². The van der Waals surface area contributed by atoms with E-state index in [1.165, 1.54) is 36.9 Å². The lowest BCUT2D eigenvalue weighted by atomic mass is 9.74. The lowest BCUT2D eigenvalue weighted by Gasteiger charge is -2.42. The summed E-state index contributed by atoms with van der Waals surface area (Å²) in [6.45, 7) is 8.92. The van der Waals surface area contributed by atoms with Gasteiger partial charge in [0.15, 0.2) is 0 Å². The van der Waals surface area contributed by atoms with E-state index < -0.39 is 0 Å². The monoisotopic (exact) mass is 308 g/mol. The maximum absolute atomic E-state index is 6.50. The molecule has 0 saturated carbocycles.